The molecule has 150 valence electrons. The minimum absolute atomic E-state index is 0.0329. The van der Waals surface area contributed by atoms with Gasteiger partial charge in [0.05, 0.1) is 21.3 Å². The zero-order chi connectivity index (χ0) is 20.5. The molecule has 0 aromatic heterocycles. The maximum atomic E-state index is 12.5. The Kier molecular flexibility index (Phi) is 7.83. The molecule has 0 aliphatic rings. The van der Waals surface area contributed by atoms with Crippen molar-refractivity contribution >= 4 is 17.5 Å². The number of nitrogens with zero attached hydrogens (tertiary/aromatic N) is 1. The fourth-order valence-corrected chi connectivity index (χ4v) is 2.77. The van der Waals surface area contributed by atoms with Crippen molar-refractivity contribution in [3.63, 3.8) is 0 Å². The van der Waals surface area contributed by atoms with Gasteiger partial charge in [0.2, 0.25) is 0 Å². The number of methoxy groups -OCH3 is 2. The summed E-state index contributed by atoms with van der Waals surface area (Å²) < 4.78 is 10.4. The number of anilines is 1. The molecule has 0 saturated heterocycles. The van der Waals surface area contributed by atoms with Crippen molar-refractivity contribution in [2.75, 3.05) is 46.7 Å². The molecule has 0 aliphatic heterocycles. The third kappa shape index (κ3) is 6.59. The Morgan fingerprint density at radius 2 is 1.64 bits per heavy atom. The van der Waals surface area contributed by atoms with Gasteiger partial charge in [0, 0.05) is 25.3 Å². The Labute approximate surface area is 165 Å². The largest absolute Gasteiger partial charge is 0.497 e. The summed E-state index contributed by atoms with van der Waals surface area (Å²) in [5, 5.41) is 2.82. The molecule has 2 aromatic rings. The van der Waals surface area contributed by atoms with Gasteiger partial charge < -0.3 is 24.6 Å². The van der Waals surface area contributed by atoms with E-state index in [0.29, 0.717) is 18.0 Å². The number of hydrogen-bond acceptors (Lipinski definition) is 4. The molecule has 28 heavy (non-hydrogen) atoms. The summed E-state index contributed by atoms with van der Waals surface area (Å²) >= 11 is 0. The Hall–Kier alpha value is -3.06. The van der Waals surface area contributed by atoms with Crippen molar-refractivity contribution in [3.05, 3.63) is 54.1 Å². The van der Waals surface area contributed by atoms with Gasteiger partial charge in [0.15, 0.2) is 13.1 Å². The van der Waals surface area contributed by atoms with Gasteiger partial charge in [0.1, 0.15) is 11.5 Å². The first-order chi connectivity index (χ1) is 13.4. The van der Waals surface area contributed by atoms with Crippen LogP contribution in [0.5, 0.6) is 11.5 Å². The van der Waals surface area contributed by atoms with Crippen LogP contribution in [0.3, 0.4) is 0 Å². The molecule has 0 aliphatic carbocycles. The van der Waals surface area contributed by atoms with Gasteiger partial charge >= 0.3 is 0 Å². The summed E-state index contributed by atoms with van der Waals surface area (Å²) in [5.41, 5.74) is 1.65. The van der Waals surface area contributed by atoms with Crippen molar-refractivity contribution in [1.82, 2.24) is 4.90 Å². The number of carbonyl (C=O) groups is 2. The molecule has 1 atom stereocenters. The number of nitrogens with one attached hydrogen (secondary N) is 2. The second-order valence-corrected chi connectivity index (χ2v) is 6.69. The number of rotatable bonds is 9. The van der Waals surface area contributed by atoms with Crippen LogP contribution in [0.2, 0.25) is 0 Å². The number of hydrogen-bond donors (Lipinski definition) is 2. The van der Waals surface area contributed by atoms with E-state index in [9.17, 15) is 9.59 Å². The monoisotopic (exact) mass is 386 g/mol. The molecule has 0 fully saturated rings. The lowest BCUT2D eigenvalue weighted by Gasteiger charge is -2.20. The zero-order valence-electron chi connectivity index (χ0n) is 16.8. The van der Waals surface area contributed by atoms with E-state index in [1.165, 1.54) is 0 Å². The molecular formula is C21H28N3O4+. The Morgan fingerprint density at radius 3 is 2.32 bits per heavy atom. The minimum atomic E-state index is -0.158. The molecule has 0 spiro atoms. The van der Waals surface area contributed by atoms with Crippen molar-refractivity contribution in [3.8, 4) is 11.5 Å². The SMILES string of the molecule is COc1cccc(CN(C)C(=O)C[NH+](C)CC(=O)Nc2cccc(OC)c2)c1. The lowest BCUT2D eigenvalue weighted by atomic mass is 10.2. The normalized spacial score (nSPS) is 11.4. The van der Waals surface area contributed by atoms with Crippen LogP contribution < -0.4 is 19.7 Å². The zero-order valence-corrected chi connectivity index (χ0v) is 16.8. The van der Waals surface area contributed by atoms with Gasteiger partial charge in [-0.1, -0.05) is 18.2 Å². The van der Waals surface area contributed by atoms with E-state index in [1.807, 2.05) is 43.4 Å². The van der Waals surface area contributed by atoms with Gasteiger partial charge in [-0.05, 0) is 29.8 Å². The summed E-state index contributed by atoms with van der Waals surface area (Å²) in [6.45, 7) is 0.904. The van der Waals surface area contributed by atoms with Gasteiger partial charge in [-0.25, -0.2) is 0 Å². The van der Waals surface area contributed by atoms with E-state index in [2.05, 4.69) is 5.32 Å². The highest BCUT2D eigenvalue weighted by Gasteiger charge is 2.18. The predicted octanol–water partition coefficient (Wildman–Crippen LogP) is 0.816. The first-order valence-corrected chi connectivity index (χ1v) is 9.03. The van der Waals surface area contributed by atoms with Crippen LogP contribution in [-0.4, -0.2) is 58.1 Å². The Morgan fingerprint density at radius 1 is 1.00 bits per heavy atom. The molecule has 0 saturated carbocycles. The average Bonchev–Trinajstić information content (AvgIpc) is 2.67. The third-order valence-corrected chi connectivity index (χ3v) is 4.25. The molecule has 7 nitrogen and oxygen atoms in total. The van der Waals surface area contributed by atoms with Gasteiger partial charge in [-0.3, -0.25) is 9.59 Å². The van der Waals surface area contributed by atoms with Crippen molar-refractivity contribution in [2.24, 2.45) is 0 Å². The first-order valence-electron chi connectivity index (χ1n) is 9.03. The number of carbonyl (C=O) groups excluding carboxylic acids is 2. The summed E-state index contributed by atoms with van der Waals surface area (Å²) in [7, 11) is 6.77. The molecule has 0 radical (unpaired) electrons. The smallest absolute Gasteiger partial charge is 0.279 e. The molecule has 1 unspecified atom stereocenters. The lowest BCUT2D eigenvalue weighted by Crippen LogP contribution is -3.11. The lowest BCUT2D eigenvalue weighted by molar-refractivity contribution is -0.862. The van der Waals surface area contributed by atoms with Crippen LogP contribution >= 0.6 is 0 Å². The van der Waals surface area contributed by atoms with Crippen LogP contribution in [0.1, 0.15) is 5.56 Å². The Balaban J connectivity index is 1.82. The third-order valence-electron chi connectivity index (χ3n) is 4.25. The van der Waals surface area contributed by atoms with E-state index in [4.69, 9.17) is 9.47 Å². The van der Waals surface area contributed by atoms with Gasteiger partial charge in [-0.2, -0.15) is 0 Å². The van der Waals surface area contributed by atoms with E-state index in [-0.39, 0.29) is 24.9 Å². The number of ether oxygens (including phenoxy) is 2. The van der Waals surface area contributed by atoms with Crippen LogP contribution in [0.15, 0.2) is 48.5 Å². The average molecular weight is 386 g/mol. The predicted molar refractivity (Wildman–Crippen MR) is 108 cm³/mol. The number of amides is 2. The standard InChI is InChI=1S/C21H27N3O4/c1-23(14-20(25)22-17-8-6-10-19(12-17)28-4)15-21(26)24(2)13-16-7-5-9-18(11-16)27-3/h5-12H,13-15H2,1-4H3,(H,22,25)/p+1. The Bertz CT molecular complexity index is 810. The van der Waals surface area contributed by atoms with Crippen LogP contribution in [0.4, 0.5) is 5.69 Å². The van der Waals surface area contributed by atoms with Crippen LogP contribution in [0, 0.1) is 0 Å². The molecule has 2 amide bonds. The molecule has 0 heterocycles. The topological polar surface area (TPSA) is 72.3 Å². The summed E-state index contributed by atoms with van der Waals surface area (Å²) in [5.74, 6) is 1.24. The first kappa shape index (κ1) is 21.2. The highest BCUT2D eigenvalue weighted by atomic mass is 16.5. The van der Waals surface area contributed by atoms with E-state index in [0.717, 1.165) is 16.2 Å². The van der Waals surface area contributed by atoms with E-state index in [1.54, 1.807) is 38.3 Å². The highest BCUT2D eigenvalue weighted by Crippen LogP contribution is 2.16. The molecule has 2 rings (SSSR count). The molecule has 2 aromatic carbocycles. The van der Waals surface area contributed by atoms with Crippen LogP contribution in [0.25, 0.3) is 0 Å². The fourth-order valence-electron chi connectivity index (χ4n) is 2.77. The molecule has 2 N–H and O–H groups in total. The summed E-state index contributed by atoms with van der Waals surface area (Å²) in [6.07, 6.45) is 0. The maximum absolute atomic E-state index is 12.5. The van der Waals surface area contributed by atoms with Crippen molar-refractivity contribution in [1.29, 1.82) is 0 Å². The van der Waals surface area contributed by atoms with Gasteiger partial charge in [-0.15, -0.1) is 0 Å². The number of benzene rings is 2. The second-order valence-electron chi connectivity index (χ2n) is 6.69. The van der Waals surface area contributed by atoms with E-state index < -0.39 is 0 Å². The molecule has 7 heteroatoms. The second kappa shape index (κ2) is 10.3. The quantitative estimate of drug-likeness (QED) is 0.669. The van der Waals surface area contributed by atoms with E-state index >= 15 is 0 Å². The molecular weight excluding hydrogens is 358 g/mol. The maximum Gasteiger partial charge on any atom is 0.279 e. The fraction of sp³-hybridized carbons (Fsp3) is 0.333. The minimum Gasteiger partial charge on any atom is -0.497 e. The number of likely N-dealkylation sites (N-methyl/N-ethyl adjacent to an activating group) is 2. The van der Waals surface area contributed by atoms with Gasteiger partial charge in [0.25, 0.3) is 11.8 Å². The highest BCUT2D eigenvalue weighted by molar-refractivity contribution is 5.91. The van der Waals surface area contributed by atoms with Crippen LogP contribution in [-0.2, 0) is 16.1 Å². The molecule has 0 bridgehead atoms. The van der Waals surface area contributed by atoms with Crippen molar-refractivity contribution in [2.45, 2.75) is 6.54 Å². The number of quaternary nitrogens is 1. The summed E-state index contributed by atoms with van der Waals surface area (Å²) in [4.78, 5) is 27.1. The summed E-state index contributed by atoms with van der Waals surface area (Å²) in [6, 6.07) is 14.8. The van der Waals surface area contributed by atoms with Crippen molar-refractivity contribution < 1.29 is 24.0 Å².